The van der Waals surface area contributed by atoms with Crippen LogP contribution in [0.1, 0.15) is 5.56 Å². The molecule has 0 fully saturated rings. The third-order valence-corrected chi connectivity index (χ3v) is 5.71. The van der Waals surface area contributed by atoms with Gasteiger partial charge in [0.25, 0.3) is 5.56 Å². The second kappa shape index (κ2) is 9.07. The summed E-state index contributed by atoms with van der Waals surface area (Å²) in [5, 5.41) is 13.0. The first-order chi connectivity index (χ1) is 14.7. The maximum absolute atomic E-state index is 13.1. The number of fused-ring (bicyclic) bond motifs is 1. The summed E-state index contributed by atoms with van der Waals surface area (Å²) < 4.78 is 7.25. The van der Waals surface area contributed by atoms with E-state index in [1.165, 1.54) is 22.2 Å². The second-order valence-electron chi connectivity index (χ2n) is 6.96. The minimum atomic E-state index is -0.849. The van der Waals surface area contributed by atoms with Gasteiger partial charge in [0.2, 0.25) is 0 Å². The number of nitrogens with zero attached hydrogens (tertiary/aromatic N) is 2. The molecule has 30 heavy (non-hydrogen) atoms. The molecule has 2 aromatic carbocycles. The first kappa shape index (κ1) is 20.1. The van der Waals surface area contributed by atoms with Crippen LogP contribution in [0.3, 0.4) is 0 Å². The Labute approximate surface area is 178 Å². The van der Waals surface area contributed by atoms with E-state index in [4.69, 9.17) is 4.74 Å². The molecule has 1 N–H and O–H groups in total. The molecule has 0 saturated heterocycles. The molecule has 4 aromatic rings. The number of benzene rings is 2. The fraction of sp³-hybridized carbons (Fsp3) is 0.167. The fourth-order valence-electron chi connectivity index (χ4n) is 3.36. The number of aromatic nitrogens is 2. The molecular formula is C24H22N2O3S. The summed E-state index contributed by atoms with van der Waals surface area (Å²) in [6, 6.07) is 17.4. The zero-order valence-electron chi connectivity index (χ0n) is 16.4. The number of hydrogen-bond acceptors (Lipinski definition) is 5. The van der Waals surface area contributed by atoms with Crippen LogP contribution in [0.4, 0.5) is 0 Å². The van der Waals surface area contributed by atoms with Gasteiger partial charge in [-0.05, 0) is 23.6 Å². The van der Waals surface area contributed by atoms with E-state index in [1.807, 2.05) is 66.1 Å². The van der Waals surface area contributed by atoms with Gasteiger partial charge in [-0.25, -0.2) is 4.98 Å². The van der Waals surface area contributed by atoms with E-state index in [9.17, 15) is 9.90 Å². The normalized spacial score (nSPS) is 12.0. The summed E-state index contributed by atoms with van der Waals surface area (Å²) in [7, 11) is 0. The van der Waals surface area contributed by atoms with E-state index >= 15 is 0 Å². The minimum absolute atomic E-state index is 0.0772. The van der Waals surface area contributed by atoms with Crippen LogP contribution in [0.15, 0.2) is 83.8 Å². The van der Waals surface area contributed by atoms with E-state index in [-0.39, 0.29) is 18.7 Å². The molecule has 0 aliphatic carbocycles. The van der Waals surface area contributed by atoms with E-state index in [1.54, 1.807) is 0 Å². The Morgan fingerprint density at radius 1 is 1.17 bits per heavy atom. The first-order valence-corrected chi connectivity index (χ1v) is 10.6. The van der Waals surface area contributed by atoms with Gasteiger partial charge < -0.3 is 9.84 Å². The van der Waals surface area contributed by atoms with E-state index in [0.29, 0.717) is 22.4 Å². The van der Waals surface area contributed by atoms with Crippen LogP contribution in [0.2, 0.25) is 0 Å². The van der Waals surface area contributed by atoms with Crippen molar-refractivity contribution in [2.24, 2.45) is 0 Å². The van der Waals surface area contributed by atoms with Gasteiger partial charge in [-0.1, -0.05) is 54.6 Å². The van der Waals surface area contributed by atoms with Gasteiger partial charge in [0.1, 0.15) is 23.3 Å². The summed E-state index contributed by atoms with van der Waals surface area (Å²) in [6.45, 7) is 3.94. The van der Waals surface area contributed by atoms with Gasteiger partial charge >= 0.3 is 0 Å². The summed E-state index contributed by atoms with van der Waals surface area (Å²) in [5.74, 6) is 0.710. The number of thiophene rings is 1. The zero-order chi connectivity index (χ0) is 20.9. The molecule has 0 amide bonds. The molecule has 1 atom stereocenters. The van der Waals surface area contributed by atoms with Crippen LogP contribution in [-0.2, 0) is 13.0 Å². The molecule has 152 valence electrons. The Bertz CT molecular complexity index is 1210. The lowest BCUT2D eigenvalue weighted by Gasteiger charge is -2.15. The predicted molar refractivity (Wildman–Crippen MR) is 121 cm³/mol. The van der Waals surface area contributed by atoms with Crippen LogP contribution in [0, 0.1) is 0 Å². The Morgan fingerprint density at radius 3 is 2.73 bits per heavy atom. The third-order valence-electron chi connectivity index (χ3n) is 4.82. The van der Waals surface area contributed by atoms with Crippen molar-refractivity contribution in [3.05, 3.63) is 94.9 Å². The van der Waals surface area contributed by atoms with Crippen molar-refractivity contribution in [1.82, 2.24) is 9.55 Å². The van der Waals surface area contributed by atoms with Gasteiger partial charge in [-0.2, -0.15) is 0 Å². The molecule has 0 unspecified atom stereocenters. The number of allylic oxidation sites excluding steroid dienone is 1. The smallest absolute Gasteiger partial charge is 0.262 e. The molecule has 4 rings (SSSR count). The summed E-state index contributed by atoms with van der Waals surface area (Å²) in [6.07, 6.45) is 3.14. The van der Waals surface area contributed by atoms with Gasteiger partial charge in [0.15, 0.2) is 0 Å². The number of aliphatic hydroxyl groups excluding tert-OH is 1. The van der Waals surface area contributed by atoms with Crippen molar-refractivity contribution in [3.63, 3.8) is 0 Å². The third kappa shape index (κ3) is 4.20. The topological polar surface area (TPSA) is 64.3 Å². The van der Waals surface area contributed by atoms with Gasteiger partial charge in [0, 0.05) is 10.9 Å². The number of rotatable bonds is 8. The van der Waals surface area contributed by atoms with Crippen molar-refractivity contribution < 1.29 is 9.84 Å². The van der Waals surface area contributed by atoms with E-state index in [0.717, 1.165) is 16.7 Å². The molecule has 2 heterocycles. The Balaban J connectivity index is 1.53. The number of aliphatic hydroxyl groups is 1. The number of hydrogen-bond donors (Lipinski definition) is 1. The van der Waals surface area contributed by atoms with Crippen molar-refractivity contribution in [2.75, 3.05) is 6.61 Å². The molecule has 0 saturated carbocycles. The second-order valence-corrected chi connectivity index (χ2v) is 7.82. The van der Waals surface area contributed by atoms with E-state index in [2.05, 4.69) is 11.6 Å². The Hall–Kier alpha value is -3.22. The van der Waals surface area contributed by atoms with Gasteiger partial charge in [-0.3, -0.25) is 9.36 Å². The number of ether oxygens (including phenoxy) is 1. The summed E-state index contributed by atoms with van der Waals surface area (Å²) in [5.41, 5.74) is 2.69. The fourth-order valence-corrected chi connectivity index (χ4v) is 4.27. The summed E-state index contributed by atoms with van der Waals surface area (Å²) in [4.78, 5) is 18.2. The molecule has 0 aliphatic heterocycles. The highest BCUT2D eigenvalue weighted by Crippen LogP contribution is 2.30. The maximum Gasteiger partial charge on any atom is 0.262 e. The first-order valence-electron chi connectivity index (χ1n) is 9.69. The van der Waals surface area contributed by atoms with Crippen LogP contribution < -0.4 is 10.3 Å². The van der Waals surface area contributed by atoms with Gasteiger partial charge in [0.05, 0.1) is 18.3 Å². The lowest BCUT2D eigenvalue weighted by molar-refractivity contribution is 0.0911. The number of para-hydroxylation sites is 1. The monoisotopic (exact) mass is 418 g/mol. The van der Waals surface area contributed by atoms with Gasteiger partial charge in [-0.15, -0.1) is 17.9 Å². The minimum Gasteiger partial charge on any atom is -0.491 e. The van der Waals surface area contributed by atoms with Crippen LogP contribution in [0.5, 0.6) is 5.75 Å². The van der Waals surface area contributed by atoms with E-state index < -0.39 is 6.10 Å². The quantitative estimate of drug-likeness (QED) is 0.434. The highest BCUT2D eigenvalue weighted by molar-refractivity contribution is 7.17. The Kier molecular flexibility index (Phi) is 6.07. The molecule has 0 radical (unpaired) electrons. The largest absolute Gasteiger partial charge is 0.491 e. The molecule has 5 nitrogen and oxygen atoms in total. The lowest BCUT2D eigenvalue weighted by atomic mass is 10.1. The predicted octanol–water partition coefficient (Wildman–Crippen LogP) is 4.29. The lowest BCUT2D eigenvalue weighted by Crippen LogP contribution is -2.30. The maximum atomic E-state index is 13.1. The zero-order valence-corrected chi connectivity index (χ0v) is 17.2. The average molecular weight is 419 g/mol. The SMILES string of the molecule is C=CCc1ccccc1OC[C@@H](O)Cn1cnc2scc(-c3ccccc3)c2c1=O. The van der Waals surface area contributed by atoms with Crippen molar-refractivity contribution in [3.8, 4) is 16.9 Å². The summed E-state index contributed by atoms with van der Waals surface area (Å²) >= 11 is 1.44. The molecule has 6 heteroatoms. The van der Waals surface area contributed by atoms with Crippen molar-refractivity contribution >= 4 is 21.6 Å². The molecule has 0 bridgehead atoms. The highest BCUT2D eigenvalue weighted by atomic mass is 32.1. The molecular weight excluding hydrogens is 396 g/mol. The standard InChI is InChI=1S/C24H22N2O3S/c1-2-8-18-11-6-7-12-21(18)29-14-19(27)13-26-16-25-23-22(24(26)28)20(15-30-23)17-9-4-3-5-10-17/h2-7,9-12,15-16,19,27H,1,8,13-14H2/t19-/m0/s1. The Morgan fingerprint density at radius 2 is 1.93 bits per heavy atom. The van der Waals surface area contributed by atoms with Crippen LogP contribution >= 0.6 is 11.3 Å². The van der Waals surface area contributed by atoms with Crippen LogP contribution in [-0.4, -0.2) is 27.4 Å². The van der Waals surface area contributed by atoms with Crippen LogP contribution in [0.25, 0.3) is 21.3 Å². The van der Waals surface area contributed by atoms with Crippen molar-refractivity contribution in [2.45, 2.75) is 19.1 Å². The average Bonchev–Trinajstić information content (AvgIpc) is 3.21. The molecule has 0 spiro atoms. The molecule has 2 aromatic heterocycles. The van der Waals surface area contributed by atoms with Crippen molar-refractivity contribution in [1.29, 1.82) is 0 Å². The molecule has 0 aliphatic rings. The highest BCUT2D eigenvalue weighted by Gasteiger charge is 2.15.